The van der Waals surface area contributed by atoms with E-state index in [4.69, 9.17) is 5.11 Å². The van der Waals surface area contributed by atoms with E-state index < -0.39 is 5.97 Å². The Morgan fingerprint density at radius 1 is 1.50 bits per heavy atom. The number of rotatable bonds is 2. The first-order chi connectivity index (χ1) is 8.65. The molecule has 2 heterocycles. The van der Waals surface area contributed by atoms with Gasteiger partial charge in [-0.15, -0.1) is 0 Å². The van der Waals surface area contributed by atoms with Crippen LogP contribution < -0.4 is 4.90 Å². The molecule has 1 atom stereocenters. The second-order valence-electron chi connectivity index (χ2n) is 4.58. The number of hydrogen-bond acceptors (Lipinski definition) is 4. The molecule has 1 aromatic heterocycles. The molecule has 1 aromatic carbocycles. The molecule has 0 amide bonds. The fourth-order valence-corrected chi connectivity index (χ4v) is 2.11. The van der Waals surface area contributed by atoms with Gasteiger partial charge in [-0.2, -0.15) is 0 Å². The zero-order chi connectivity index (χ0) is 12.7. The summed E-state index contributed by atoms with van der Waals surface area (Å²) in [7, 11) is 0. The van der Waals surface area contributed by atoms with Crippen LogP contribution in [0.4, 0.5) is 5.95 Å². The van der Waals surface area contributed by atoms with Crippen molar-refractivity contribution in [1.82, 2.24) is 9.97 Å². The van der Waals surface area contributed by atoms with Crippen molar-refractivity contribution in [2.45, 2.75) is 19.4 Å². The minimum atomic E-state index is -0.933. The summed E-state index contributed by atoms with van der Waals surface area (Å²) < 4.78 is 0. The number of benzene rings is 1. The van der Waals surface area contributed by atoms with Gasteiger partial charge in [-0.25, -0.2) is 14.8 Å². The molecular formula is C13H13N3O2. The van der Waals surface area contributed by atoms with Crippen LogP contribution in [-0.4, -0.2) is 33.6 Å². The van der Waals surface area contributed by atoms with Crippen LogP contribution in [0.15, 0.2) is 24.4 Å². The molecule has 5 nitrogen and oxygen atoms in total. The molecule has 1 unspecified atom stereocenters. The highest BCUT2D eigenvalue weighted by atomic mass is 16.4. The van der Waals surface area contributed by atoms with Crippen LogP contribution in [0.25, 0.3) is 10.9 Å². The standard InChI is InChI=1S/C13H13N3O2/c1-8-4-5-16(8)13-14-7-10-6-9(12(17)18)2-3-11(10)15-13/h2-3,6-8H,4-5H2,1H3,(H,17,18). The summed E-state index contributed by atoms with van der Waals surface area (Å²) in [5, 5.41) is 9.68. The number of carboxylic acids is 1. The Labute approximate surface area is 104 Å². The first-order valence-electron chi connectivity index (χ1n) is 5.92. The van der Waals surface area contributed by atoms with Crippen molar-refractivity contribution in [2.75, 3.05) is 11.4 Å². The Kier molecular flexibility index (Phi) is 2.40. The van der Waals surface area contributed by atoms with E-state index in [1.54, 1.807) is 24.4 Å². The lowest BCUT2D eigenvalue weighted by Crippen LogP contribution is -2.46. The number of hydrogen-bond donors (Lipinski definition) is 1. The van der Waals surface area contributed by atoms with Gasteiger partial charge < -0.3 is 10.0 Å². The molecule has 1 saturated heterocycles. The Bertz CT molecular complexity index is 627. The van der Waals surface area contributed by atoms with E-state index in [0.29, 0.717) is 6.04 Å². The number of anilines is 1. The molecule has 0 aliphatic carbocycles. The predicted molar refractivity (Wildman–Crippen MR) is 67.9 cm³/mol. The lowest BCUT2D eigenvalue weighted by molar-refractivity contribution is 0.0697. The van der Waals surface area contributed by atoms with Gasteiger partial charge in [-0.3, -0.25) is 0 Å². The van der Waals surface area contributed by atoms with Gasteiger partial charge in [0.1, 0.15) is 0 Å². The Hall–Kier alpha value is -2.17. The van der Waals surface area contributed by atoms with Gasteiger partial charge in [0, 0.05) is 24.2 Å². The maximum Gasteiger partial charge on any atom is 0.335 e. The van der Waals surface area contributed by atoms with Crippen molar-refractivity contribution < 1.29 is 9.90 Å². The third-order valence-electron chi connectivity index (χ3n) is 3.39. The first-order valence-corrected chi connectivity index (χ1v) is 5.92. The van der Waals surface area contributed by atoms with Crippen LogP contribution in [0.3, 0.4) is 0 Å². The van der Waals surface area contributed by atoms with Gasteiger partial charge in [-0.1, -0.05) is 0 Å². The van der Waals surface area contributed by atoms with Gasteiger partial charge in [0.05, 0.1) is 11.1 Å². The average molecular weight is 243 g/mol. The Morgan fingerprint density at radius 3 is 2.94 bits per heavy atom. The summed E-state index contributed by atoms with van der Waals surface area (Å²) in [6, 6.07) is 5.39. The largest absolute Gasteiger partial charge is 0.478 e. The fourth-order valence-electron chi connectivity index (χ4n) is 2.11. The van der Waals surface area contributed by atoms with E-state index in [1.165, 1.54) is 6.42 Å². The molecule has 0 bridgehead atoms. The zero-order valence-corrected chi connectivity index (χ0v) is 10.00. The molecule has 92 valence electrons. The third kappa shape index (κ3) is 1.68. The highest BCUT2D eigenvalue weighted by molar-refractivity contribution is 5.93. The topological polar surface area (TPSA) is 66.3 Å². The van der Waals surface area contributed by atoms with Crippen molar-refractivity contribution >= 4 is 22.8 Å². The van der Waals surface area contributed by atoms with Crippen molar-refractivity contribution in [3.8, 4) is 0 Å². The van der Waals surface area contributed by atoms with Crippen LogP contribution in [-0.2, 0) is 0 Å². The maximum absolute atomic E-state index is 10.9. The van der Waals surface area contributed by atoms with Crippen molar-refractivity contribution in [2.24, 2.45) is 0 Å². The molecule has 18 heavy (non-hydrogen) atoms. The number of aromatic nitrogens is 2. The summed E-state index contributed by atoms with van der Waals surface area (Å²) in [5.41, 5.74) is 1.04. The molecule has 1 aliphatic rings. The van der Waals surface area contributed by atoms with Crippen LogP contribution >= 0.6 is 0 Å². The predicted octanol–water partition coefficient (Wildman–Crippen LogP) is 1.93. The summed E-state index contributed by atoms with van der Waals surface area (Å²) in [5.74, 6) is -0.207. The number of carbonyl (C=O) groups is 1. The van der Waals surface area contributed by atoms with E-state index in [1.807, 2.05) is 0 Å². The van der Waals surface area contributed by atoms with E-state index in [-0.39, 0.29) is 5.56 Å². The minimum absolute atomic E-state index is 0.260. The molecule has 3 rings (SSSR count). The van der Waals surface area contributed by atoms with Crippen LogP contribution in [0, 0.1) is 0 Å². The highest BCUT2D eigenvalue weighted by Crippen LogP contribution is 2.24. The highest BCUT2D eigenvalue weighted by Gasteiger charge is 2.25. The summed E-state index contributed by atoms with van der Waals surface area (Å²) in [6.45, 7) is 3.13. The lowest BCUT2D eigenvalue weighted by Gasteiger charge is -2.38. The molecule has 1 fully saturated rings. The van der Waals surface area contributed by atoms with Gasteiger partial charge in [0.2, 0.25) is 5.95 Å². The lowest BCUT2D eigenvalue weighted by atomic mass is 10.1. The van der Waals surface area contributed by atoms with Crippen molar-refractivity contribution in [3.05, 3.63) is 30.0 Å². The van der Waals surface area contributed by atoms with Gasteiger partial charge in [0.15, 0.2) is 0 Å². The third-order valence-corrected chi connectivity index (χ3v) is 3.39. The normalized spacial score (nSPS) is 18.7. The molecule has 2 aromatic rings. The second kappa shape index (κ2) is 3.94. The summed E-state index contributed by atoms with van der Waals surface area (Å²) in [4.78, 5) is 21.8. The Morgan fingerprint density at radius 2 is 2.33 bits per heavy atom. The first kappa shape index (κ1) is 11.0. The monoisotopic (exact) mass is 243 g/mol. The van der Waals surface area contributed by atoms with E-state index in [9.17, 15) is 4.79 Å². The van der Waals surface area contributed by atoms with Gasteiger partial charge in [-0.05, 0) is 31.5 Å². The molecule has 1 N–H and O–H groups in total. The van der Waals surface area contributed by atoms with Gasteiger partial charge in [0.25, 0.3) is 0 Å². The second-order valence-corrected chi connectivity index (χ2v) is 4.58. The minimum Gasteiger partial charge on any atom is -0.478 e. The number of aromatic carboxylic acids is 1. The van der Waals surface area contributed by atoms with Crippen LogP contribution in [0.2, 0.25) is 0 Å². The van der Waals surface area contributed by atoms with Crippen molar-refractivity contribution in [1.29, 1.82) is 0 Å². The zero-order valence-electron chi connectivity index (χ0n) is 10.00. The maximum atomic E-state index is 10.9. The average Bonchev–Trinajstić information content (AvgIpc) is 2.36. The molecular weight excluding hydrogens is 230 g/mol. The summed E-state index contributed by atoms with van der Waals surface area (Å²) in [6.07, 6.45) is 2.86. The Balaban J connectivity index is 2.03. The van der Waals surface area contributed by atoms with Crippen LogP contribution in [0.5, 0.6) is 0 Å². The molecule has 0 saturated carbocycles. The van der Waals surface area contributed by atoms with Gasteiger partial charge >= 0.3 is 5.97 Å². The number of carboxylic acid groups (broad SMARTS) is 1. The summed E-state index contributed by atoms with van der Waals surface area (Å²) >= 11 is 0. The van der Waals surface area contributed by atoms with Crippen molar-refractivity contribution in [3.63, 3.8) is 0 Å². The number of nitrogens with zero attached hydrogens (tertiary/aromatic N) is 3. The molecule has 0 spiro atoms. The quantitative estimate of drug-likeness (QED) is 0.872. The van der Waals surface area contributed by atoms with E-state index >= 15 is 0 Å². The number of fused-ring (bicyclic) bond motifs is 1. The van der Waals surface area contributed by atoms with E-state index in [0.717, 1.165) is 23.4 Å². The van der Waals surface area contributed by atoms with E-state index in [2.05, 4.69) is 21.8 Å². The van der Waals surface area contributed by atoms with Crippen LogP contribution in [0.1, 0.15) is 23.7 Å². The molecule has 5 heteroatoms. The SMILES string of the molecule is CC1CCN1c1ncc2cc(C(=O)O)ccc2n1. The smallest absolute Gasteiger partial charge is 0.335 e. The molecule has 1 aliphatic heterocycles. The fraction of sp³-hybridized carbons (Fsp3) is 0.308. The molecule has 0 radical (unpaired) electrons.